The Kier molecular flexibility index (Phi) is 4.41. The highest BCUT2D eigenvalue weighted by Crippen LogP contribution is 2.50. The van der Waals surface area contributed by atoms with E-state index in [-0.39, 0.29) is 23.6 Å². The van der Waals surface area contributed by atoms with Gasteiger partial charge in [-0.05, 0) is 25.6 Å². The summed E-state index contributed by atoms with van der Waals surface area (Å²) in [7, 11) is 0. The van der Waals surface area contributed by atoms with Crippen LogP contribution < -0.4 is 5.73 Å². The third-order valence-corrected chi connectivity index (χ3v) is 5.29. The molecule has 6 nitrogen and oxygen atoms in total. The number of aliphatic hydroxyl groups excluding tert-OH is 1. The number of hydrogen-bond donors (Lipinski definition) is 3. The number of nitrogens with two attached hydrogens (primary N) is 1. The number of carbonyl (C=O) groups excluding carboxylic acids is 1. The number of β-lactam (4-membered cyclic amide) rings is 1. The van der Waals surface area contributed by atoms with Gasteiger partial charge in [0.25, 0.3) is 0 Å². The van der Waals surface area contributed by atoms with Gasteiger partial charge in [-0.1, -0.05) is 6.92 Å². The monoisotopic (exact) mass is 300 g/mol. The van der Waals surface area contributed by atoms with Crippen LogP contribution in [0.5, 0.6) is 0 Å². The molecule has 0 saturated carbocycles. The molecule has 2 aliphatic rings. The van der Waals surface area contributed by atoms with Gasteiger partial charge in [-0.3, -0.25) is 4.79 Å². The molecule has 2 aliphatic heterocycles. The fourth-order valence-corrected chi connectivity index (χ4v) is 4.24. The van der Waals surface area contributed by atoms with Gasteiger partial charge in [0.1, 0.15) is 5.70 Å². The van der Waals surface area contributed by atoms with Gasteiger partial charge in [-0.15, -0.1) is 11.8 Å². The summed E-state index contributed by atoms with van der Waals surface area (Å²) in [4.78, 5) is 25.6. The van der Waals surface area contributed by atoms with E-state index in [9.17, 15) is 19.8 Å². The van der Waals surface area contributed by atoms with Crippen LogP contribution in [0.4, 0.5) is 0 Å². The Hall–Kier alpha value is -1.05. The fraction of sp³-hybridized carbons (Fsp3) is 0.692. The van der Waals surface area contributed by atoms with Gasteiger partial charge in [0, 0.05) is 10.8 Å². The third kappa shape index (κ3) is 2.23. The summed E-state index contributed by atoms with van der Waals surface area (Å²) in [5.74, 6) is -1.18. The van der Waals surface area contributed by atoms with E-state index >= 15 is 0 Å². The highest BCUT2D eigenvalue weighted by Gasteiger charge is 2.59. The van der Waals surface area contributed by atoms with E-state index in [0.29, 0.717) is 6.54 Å². The Balaban J connectivity index is 2.25. The van der Waals surface area contributed by atoms with Crippen molar-refractivity contribution in [3.63, 3.8) is 0 Å². The van der Waals surface area contributed by atoms with Crippen LogP contribution in [-0.2, 0) is 9.59 Å². The van der Waals surface area contributed by atoms with Gasteiger partial charge >= 0.3 is 5.97 Å². The van der Waals surface area contributed by atoms with Crippen molar-refractivity contribution in [2.75, 3.05) is 12.3 Å². The zero-order valence-electron chi connectivity index (χ0n) is 11.6. The van der Waals surface area contributed by atoms with Crippen LogP contribution in [-0.4, -0.2) is 51.4 Å². The van der Waals surface area contributed by atoms with Gasteiger partial charge in [-0.2, -0.15) is 0 Å². The Morgan fingerprint density at radius 2 is 2.20 bits per heavy atom. The lowest BCUT2D eigenvalue weighted by atomic mass is 9.79. The molecule has 0 bridgehead atoms. The minimum Gasteiger partial charge on any atom is -0.477 e. The first-order valence-corrected chi connectivity index (χ1v) is 7.71. The Bertz CT molecular complexity index is 463. The number of fused-ring (bicyclic) bond motifs is 1. The summed E-state index contributed by atoms with van der Waals surface area (Å²) < 4.78 is 0. The zero-order valence-corrected chi connectivity index (χ0v) is 12.4. The molecule has 20 heavy (non-hydrogen) atoms. The summed E-state index contributed by atoms with van der Waals surface area (Å²) in [6.45, 7) is 4.05. The van der Waals surface area contributed by atoms with E-state index in [4.69, 9.17) is 5.73 Å². The maximum atomic E-state index is 12.1. The molecule has 2 heterocycles. The van der Waals surface area contributed by atoms with Crippen molar-refractivity contribution in [3.8, 4) is 0 Å². The van der Waals surface area contributed by atoms with Gasteiger partial charge < -0.3 is 20.8 Å². The number of amides is 1. The van der Waals surface area contributed by atoms with Crippen molar-refractivity contribution in [2.45, 2.75) is 32.4 Å². The van der Waals surface area contributed by atoms with Crippen LogP contribution in [0.1, 0.15) is 20.3 Å². The molecular weight excluding hydrogens is 280 g/mol. The van der Waals surface area contributed by atoms with E-state index in [1.807, 2.05) is 6.92 Å². The molecule has 2 rings (SSSR count). The summed E-state index contributed by atoms with van der Waals surface area (Å²) in [5, 5.41) is 19.1. The Labute approximate surface area is 122 Å². The molecule has 0 aromatic heterocycles. The molecule has 0 unspecified atom stereocenters. The van der Waals surface area contributed by atoms with Crippen LogP contribution in [0.15, 0.2) is 10.6 Å². The highest BCUT2D eigenvalue weighted by atomic mass is 32.2. The van der Waals surface area contributed by atoms with Crippen molar-refractivity contribution in [1.29, 1.82) is 0 Å². The molecule has 4 atom stereocenters. The van der Waals surface area contributed by atoms with Gasteiger partial charge in [-0.25, -0.2) is 4.79 Å². The molecule has 0 spiro atoms. The number of carboxylic acids is 1. The molecule has 0 aliphatic carbocycles. The van der Waals surface area contributed by atoms with Crippen molar-refractivity contribution < 1.29 is 19.8 Å². The first-order valence-electron chi connectivity index (χ1n) is 6.73. The summed E-state index contributed by atoms with van der Waals surface area (Å²) in [5.41, 5.74) is 5.54. The van der Waals surface area contributed by atoms with Crippen molar-refractivity contribution in [1.82, 2.24) is 4.90 Å². The molecule has 0 aromatic rings. The number of carbonyl (C=O) groups is 2. The number of aliphatic hydroxyl groups is 1. The average molecular weight is 300 g/mol. The van der Waals surface area contributed by atoms with E-state index in [1.54, 1.807) is 6.92 Å². The SMILES string of the molecule is C[C@H](O)[C@H]1C(=O)N2C(C(=O)O)=C(SCCCN)[C@H](C)[C@H]12. The Morgan fingerprint density at radius 1 is 1.55 bits per heavy atom. The number of aliphatic carboxylic acids is 1. The quantitative estimate of drug-likeness (QED) is 0.479. The fourth-order valence-electron chi connectivity index (χ4n) is 2.98. The number of carboxylic acid groups (broad SMARTS) is 1. The molecule has 0 radical (unpaired) electrons. The molecule has 1 fully saturated rings. The molecule has 7 heteroatoms. The smallest absolute Gasteiger partial charge is 0.353 e. The van der Waals surface area contributed by atoms with Crippen molar-refractivity contribution in [3.05, 3.63) is 10.6 Å². The second kappa shape index (κ2) is 5.75. The predicted molar refractivity (Wildman–Crippen MR) is 75.8 cm³/mol. The van der Waals surface area contributed by atoms with Crippen LogP contribution in [0, 0.1) is 11.8 Å². The van der Waals surface area contributed by atoms with Crippen LogP contribution in [0.2, 0.25) is 0 Å². The van der Waals surface area contributed by atoms with Gasteiger partial charge in [0.05, 0.1) is 18.1 Å². The normalized spacial score (nSPS) is 30.3. The van der Waals surface area contributed by atoms with Crippen molar-refractivity contribution >= 4 is 23.6 Å². The lowest BCUT2D eigenvalue weighted by Crippen LogP contribution is -2.63. The van der Waals surface area contributed by atoms with E-state index < -0.39 is 18.0 Å². The average Bonchev–Trinajstić information content (AvgIpc) is 2.60. The number of nitrogens with zero attached hydrogens (tertiary/aromatic N) is 1. The standard InChI is InChI=1S/C13H20N2O4S/c1-6-9-8(7(2)16)12(17)15(9)10(13(18)19)11(6)20-5-3-4-14/h6-9,16H,3-5,14H2,1-2H3,(H,18,19)/t6-,7+,8-,9-/m1/s1. The van der Waals surface area contributed by atoms with Crippen LogP contribution in [0.3, 0.4) is 0 Å². The topological polar surface area (TPSA) is 104 Å². The predicted octanol–water partition coefficient (Wildman–Crippen LogP) is 0.222. The lowest BCUT2D eigenvalue weighted by molar-refractivity contribution is -0.163. The summed E-state index contributed by atoms with van der Waals surface area (Å²) in [6.07, 6.45) is 0.0429. The Morgan fingerprint density at radius 3 is 2.70 bits per heavy atom. The minimum absolute atomic E-state index is 0.0545. The third-order valence-electron chi connectivity index (χ3n) is 3.92. The number of hydrogen-bond acceptors (Lipinski definition) is 5. The van der Waals surface area contributed by atoms with Crippen LogP contribution in [0.25, 0.3) is 0 Å². The zero-order chi connectivity index (χ0) is 15.0. The second-order valence-electron chi connectivity index (χ2n) is 5.26. The number of rotatable bonds is 6. The highest BCUT2D eigenvalue weighted by molar-refractivity contribution is 8.03. The minimum atomic E-state index is -1.08. The van der Waals surface area contributed by atoms with Gasteiger partial charge in [0.2, 0.25) is 5.91 Å². The summed E-state index contributed by atoms with van der Waals surface area (Å²) >= 11 is 1.46. The molecule has 112 valence electrons. The molecule has 1 saturated heterocycles. The molecular formula is C13H20N2O4S. The number of thioether (sulfide) groups is 1. The molecule has 4 N–H and O–H groups in total. The first kappa shape index (κ1) is 15.3. The van der Waals surface area contributed by atoms with E-state index in [2.05, 4.69) is 0 Å². The molecule has 1 amide bonds. The lowest BCUT2D eigenvalue weighted by Gasteiger charge is -2.46. The van der Waals surface area contributed by atoms with Crippen molar-refractivity contribution in [2.24, 2.45) is 17.6 Å². The largest absolute Gasteiger partial charge is 0.477 e. The van der Waals surface area contributed by atoms with Crippen LogP contribution >= 0.6 is 11.8 Å². The van der Waals surface area contributed by atoms with Gasteiger partial charge in [0.15, 0.2) is 0 Å². The van der Waals surface area contributed by atoms with E-state index in [0.717, 1.165) is 17.1 Å². The summed E-state index contributed by atoms with van der Waals surface area (Å²) in [6, 6.07) is -0.228. The second-order valence-corrected chi connectivity index (χ2v) is 6.40. The maximum absolute atomic E-state index is 12.1. The maximum Gasteiger partial charge on any atom is 0.353 e. The van der Waals surface area contributed by atoms with E-state index in [1.165, 1.54) is 16.7 Å². The first-order chi connectivity index (χ1) is 9.41. The molecule has 0 aromatic carbocycles.